The van der Waals surface area contributed by atoms with Crippen molar-refractivity contribution in [2.45, 2.75) is 13.3 Å². The van der Waals surface area contributed by atoms with E-state index in [4.69, 9.17) is 9.84 Å². The van der Waals surface area contributed by atoms with E-state index in [9.17, 15) is 9.59 Å². The Morgan fingerprint density at radius 2 is 1.91 bits per heavy atom. The zero-order chi connectivity index (χ0) is 16.8. The number of aromatic carboxylic acids is 1. The van der Waals surface area contributed by atoms with Crippen LogP contribution in [0, 0.1) is 5.92 Å². The normalized spacial score (nSPS) is 11.6. The number of rotatable bonds is 6. The highest BCUT2D eigenvalue weighted by Crippen LogP contribution is 2.21. The van der Waals surface area contributed by atoms with E-state index in [-0.39, 0.29) is 17.4 Å². The second-order valence-electron chi connectivity index (χ2n) is 5.29. The summed E-state index contributed by atoms with van der Waals surface area (Å²) in [6.45, 7) is 1.82. The van der Waals surface area contributed by atoms with Gasteiger partial charge in [-0.2, -0.15) is 0 Å². The molecule has 5 nitrogen and oxygen atoms in total. The standard InChI is InChI=1S/C18H19NO4/c1-12(10-13-6-3-4-9-16(13)23-2)17(20)19-15-8-5-7-14(11-15)18(21)22/h3-9,11-12H,10H2,1-2H3,(H,19,20)(H,21,22). The third kappa shape index (κ3) is 4.32. The van der Waals surface area contributed by atoms with Gasteiger partial charge in [0.05, 0.1) is 12.7 Å². The van der Waals surface area contributed by atoms with Crippen LogP contribution >= 0.6 is 0 Å². The Balaban J connectivity index is 2.05. The molecule has 2 N–H and O–H groups in total. The van der Waals surface area contributed by atoms with Gasteiger partial charge in [0.2, 0.25) is 5.91 Å². The van der Waals surface area contributed by atoms with Crippen LogP contribution in [0.4, 0.5) is 5.69 Å². The van der Waals surface area contributed by atoms with E-state index in [1.54, 1.807) is 19.2 Å². The fourth-order valence-electron chi connectivity index (χ4n) is 2.29. The van der Waals surface area contributed by atoms with E-state index in [0.717, 1.165) is 11.3 Å². The molecule has 120 valence electrons. The molecule has 0 aromatic heterocycles. The van der Waals surface area contributed by atoms with Crippen LogP contribution in [0.15, 0.2) is 48.5 Å². The Hall–Kier alpha value is -2.82. The number of benzene rings is 2. The number of para-hydroxylation sites is 1. The summed E-state index contributed by atoms with van der Waals surface area (Å²) in [4.78, 5) is 23.3. The summed E-state index contributed by atoms with van der Waals surface area (Å²) in [5.74, 6) is -0.721. The van der Waals surface area contributed by atoms with Crippen molar-refractivity contribution in [1.29, 1.82) is 0 Å². The van der Waals surface area contributed by atoms with Gasteiger partial charge in [-0.05, 0) is 36.2 Å². The quantitative estimate of drug-likeness (QED) is 0.858. The van der Waals surface area contributed by atoms with Crippen LogP contribution in [0.25, 0.3) is 0 Å². The smallest absolute Gasteiger partial charge is 0.335 e. The summed E-state index contributed by atoms with van der Waals surface area (Å²) < 4.78 is 5.29. The molecule has 0 spiro atoms. The van der Waals surface area contributed by atoms with Gasteiger partial charge < -0.3 is 15.2 Å². The van der Waals surface area contributed by atoms with Crippen LogP contribution in [0.1, 0.15) is 22.8 Å². The third-order valence-electron chi connectivity index (χ3n) is 3.54. The van der Waals surface area contributed by atoms with Crippen molar-refractivity contribution in [3.63, 3.8) is 0 Å². The molecular weight excluding hydrogens is 294 g/mol. The maximum atomic E-state index is 12.3. The highest BCUT2D eigenvalue weighted by atomic mass is 16.5. The van der Waals surface area contributed by atoms with Gasteiger partial charge >= 0.3 is 5.97 Å². The lowest BCUT2D eigenvalue weighted by Crippen LogP contribution is -2.22. The number of carbonyl (C=O) groups is 2. The molecule has 1 unspecified atom stereocenters. The topological polar surface area (TPSA) is 75.6 Å². The number of anilines is 1. The van der Waals surface area contributed by atoms with E-state index >= 15 is 0 Å². The molecule has 1 atom stereocenters. The Morgan fingerprint density at radius 1 is 1.17 bits per heavy atom. The van der Waals surface area contributed by atoms with Gasteiger partial charge in [-0.15, -0.1) is 0 Å². The average Bonchev–Trinajstić information content (AvgIpc) is 2.55. The van der Waals surface area contributed by atoms with Gasteiger partial charge in [0.1, 0.15) is 5.75 Å². The molecule has 0 aliphatic heterocycles. The van der Waals surface area contributed by atoms with Gasteiger partial charge in [0, 0.05) is 11.6 Å². The number of hydrogen-bond donors (Lipinski definition) is 2. The molecule has 0 aliphatic rings. The average molecular weight is 313 g/mol. The summed E-state index contributed by atoms with van der Waals surface area (Å²) in [6.07, 6.45) is 0.536. The van der Waals surface area contributed by atoms with Gasteiger partial charge in [-0.25, -0.2) is 4.79 Å². The molecule has 0 saturated heterocycles. The zero-order valence-electron chi connectivity index (χ0n) is 13.1. The van der Waals surface area contributed by atoms with Gasteiger partial charge in [0.15, 0.2) is 0 Å². The lowest BCUT2D eigenvalue weighted by atomic mass is 9.99. The predicted octanol–water partition coefficient (Wildman–Crippen LogP) is 3.21. The lowest BCUT2D eigenvalue weighted by Gasteiger charge is -2.14. The number of amides is 1. The van der Waals surface area contributed by atoms with Gasteiger partial charge in [0.25, 0.3) is 0 Å². The largest absolute Gasteiger partial charge is 0.496 e. The van der Waals surface area contributed by atoms with Crippen molar-refractivity contribution in [3.05, 3.63) is 59.7 Å². The molecule has 5 heteroatoms. The highest BCUT2D eigenvalue weighted by molar-refractivity contribution is 5.95. The summed E-state index contributed by atoms with van der Waals surface area (Å²) >= 11 is 0. The Labute approximate surface area is 134 Å². The predicted molar refractivity (Wildman–Crippen MR) is 87.9 cm³/mol. The van der Waals surface area contributed by atoms with E-state index in [1.807, 2.05) is 31.2 Å². The maximum absolute atomic E-state index is 12.3. The van der Waals surface area contributed by atoms with Crippen molar-refractivity contribution in [2.75, 3.05) is 12.4 Å². The molecule has 0 bridgehead atoms. The van der Waals surface area contributed by atoms with Crippen molar-refractivity contribution >= 4 is 17.6 Å². The summed E-state index contributed by atoms with van der Waals surface area (Å²) in [7, 11) is 1.60. The number of ether oxygens (including phenoxy) is 1. The molecule has 2 aromatic rings. The number of methoxy groups -OCH3 is 1. The molecule has 1 amide bonds. The minimum absolute atomic E-state index is 0.139. The zero-order valence-corrected chi connectivity index (χ0v) is 13.1. The molecule has 2 rings (SSSR count). The first-order valence-electron chi connectivity index (χ1n) is 7.27. The first kappa shape index (κ1) is 16.5. The molecular formula is C18H19NO4. The lowest BCUT2D eigenvalue weighted by molar-refractivity contribution is -0.119. The van der Waals surface area contributed by atoms with Crippen LogP contribution in [0.3, 0.4) is 0 Å². The van der Waals surface area contributed by atoms with Crippen molar-refractivity contribution < 1.29 is 19.4 Å². The summed E-state index contributed by atoms with van der Waals surface area (Å²) in [5.41, 5.74) is 1.57. The SMILES string of the molecule is COc1ccccc1CC(C)C(=O)Nc1cccc(C(=O)O)c1. The van der Waals surface area contributed by atoms with Crippen molar-refractivity contribution in [1.82, 2.24) is 0 Å². The number of carbonyl (C=O) groups excluding carboxylic acids is 1. The Morgan fingerprint density at radius 3 is 2.61 bits per heavy atom. The van der Waals surface area contributed by atoms with E-state index < -0.39 is 5.97 Å². The fraction of sp³-hybridized carbons (Fsp3) is 0.222. The number of hydrogen-bond acceptors (Lipinski definition) is 3. The number of carboxylic acid groups (broad SMARTS) is 1. The first-order chi connectivity index (χ1) is 11.0. The molecule has 0 fully saturated rings. The highest BCUT2D eigenvalue weighted by Gasteiger charge is 2.16. The van der Waals surface area contributed by atoms with E-state index in [2.05, 4.69) is 5.32 Å². The Kier molecular flexibility index (Phi) is 5.36. The van der Waals surface area contributed by atoms with Crippen LogP contribution in [-0.2, 0) is 11.2 Å². The second-order valence-corrected chi connectivity index (χ2v) is 5.29. The molecule has 0 radical (unpaired) electrons. The summed E-state index contributed by atoms with van der Waals surface area (Å²) in [5, 5.41) is 11.7. The Bertz CT molecular complexity index is 712. The van der Waals surface area contributed by atoms with Gasteiger partial charge in [-0.3, -0.25) is 4.79 Å². The second kappa shape index (κ2) is 7.45. The monoisotopic (exact) mass is 313 g/mol. The van der Waals surface area contributed by atoms with E-state index in [0.29, 0.717) is 12.1 Å². The number of nitrogens with one attached hydrogen (secondary N) is 1. The van der Waals surface area contributed by atoms with Crippen LogP contribution < -0.4 is 10.1 Å². The minimum atomic E-state index is -1.02. The van der Waals surface area contributed by atoms with Crippen LogP contribution in [-0.4, -0.2) is 24.1 Å². The van der Waals surface area contributed by atoms with E-state index in [1.165, 1.54) is 12.1 Å². The molecule has 23 heavy (non-hydrogen) atoms. The maximum Gasteiger partial charge on any atom is 0.335 e. The minimum Gasteiger partial charge on any atom is -0.496 e. The number of carboxylic acids is 1. The van der Waals surface area contributed by atoms with Crippen molar-refractivity contribution in [3.8, 4) is 5.75 Å². The molecule has 0 saturated carbocycles. The van der Waals surface area contributed by atoms with Crippen LogP contribution in [0.2, 0.25) is 0 Å². The fourth-order valence-corrected chi connectivity index (χ4v) is 2.29. The van der Waals surface area contributed by atoms with Crippen LogP contribution in [0.5, 0.6) is 5.75 Å². The van der Waals surface area contributed by atoms with Crippen molar-refractivity contribution in [2.24, 2.45) is 5.92 Å². The first-order valence-corrected chi connectivity index (χ1v) is 7.27. The summed E-state index contributed by atoms with van der Waals surface area (Å²) in [6, 6.07) is 13.8. The molecule has 0 heterocycles. The van der Waals surface area contributed by atoms with Gasteiger partial charge in [-0.1, -0.05) is 31.2 Å². The molecule has 0 aliphatic carbocycles. The third-order valence-corrected chi connectivity index (χ3v) is 3.54. The molecule has 2 aromatic carbocycles.